The minimum atomic E-state index is -0.413. The Morgan fingerprint density at radius 1 is 1.11 bits per heavy atom. The standard InChI is InChI=1S/C22H20N2O4/c1-14-21-17(9-6-10-19(21)25)22(23(14)2)18-13-15(24(26)27)11-12-20(18)28-16-7-4-3-5-8-16/h3-5,7-8,11-13H,6,9-10H2,1-2H3. The van der Waals surface area contributed by atoms with Gasteiger partial charge in [0.2, 0.25) is 0 Å². The van der Waals surface area contributed by atoms with Crippen molar-refractivity contribution < 1.29 is 14.5 Å². The first-order valence-electron chi connectivity index (χ1n) is 9.20. The molecule has 6 heteroatoms. The summed E-state index contributed by atoms with van der Waals surface area (Å²) in [7, 11) is 1.89. The van der Waals surface area contributed by atoms with Gasteiger partial charge < -0.3 is 9.30 Å². The fourth-order valence-electron chi connectivity index (χ4n) is 3.90. The summed E-state index contributed by atoms with van der Waals surface area (Å²) in [6, 6.07) is 13.9. The Morgan fingerprint density at radius 2 is 1.86 bits per heavy atom. The first-order valence-corrected chi connectivity index (χ1v) is 9.20. The third-order valence-electron chi connectivity index (χ3n) is 5.30. The van der Waals surface area contributed by atoms with Gasteiger partial charge in [-0.15, -0.1) is 0 Å². The smallest absolute Gasteiger partial charge is 0.270 e. The van der Waals surface area contributed by atoms with E-state index in [1.165, 1.54) is 12.1 Å². The summed E-state index contributed by atoms with van der Waals surface area (Å²) < 4.78 is 8.01. The molecular formula is C22H20N2O4. The second-order valence-corrected chi connectivity index (χ2v) is 6.98. The van der Waals surface area contributed by atoms with Crippen LogP contribution in [0.3, 0.4) is 0 Å². The van der Waals surface area contributed by atoms with Crippen LogP contribution in [0.15, 0.2) is 48.5 Å². The van der Waals surface area contributed by atoms with Crippen molar-refractivity contribution in [2.24, 2.45) is 7.05 Å². The van der Waals surface area contributed by atoms with Crippen molar-refractivity contribution in [1.29, 1.82) is 0 Å². The Labute approximate surface area is 162 Å². The molecule has 0 radical (unpaired) electrons. The molecule has 0 amide bonds. The van der Waals surface area contributed by atoms with Crippen LogP contribution in [0.25, 0.3) is 11.3 Å². The Bertz CT molecular complexity index is 1080. The number of nitrogens with zero attached hydrogens (tertiary/aromatic N) is 2. The molecule has 142 valence electrons. The van der Waals surface area contributed by atoms with Crippen LogP contribution in [0.4, 0.5) is 5.69 Å². The summed E-state index contributed by atoms with van der Waals surface area (Å²) in [6.45, 7) is 1.92. The van der Waals surface area contributed by atoms with Crippen molar-refractivity contribution in [3.63, 3.8) is 0 Å². The summed E-state index contributed by atoms with van der Waals surface area (Å²) in [5, 5.41) is 11.4. The van der Waals surface area contributed by atoms with Crippen molar-refractivity contribution in [2.45, 2.75) is 26.2 Å². The van der Waals surface area contributed by atoms with Gasteiger partial charge in [0, 0.05) is 42.4 Å². The lowest BCUT2D eigenvalue weighted by molar-refractivity contribution is -0.384. The maximum atomic E-state index is 12.5. The van der Waals surface area contributed by atoms with Gasteiger partial charge in [-0.25, -0.2) is 0 Å². The first-order chi connectivity index (χ1) is 13.5. The molecule has 0 fully saturated rings. The fourth-order valence-corrected chi connectivity index (χ4v) is 3.90. The molecule has 1 aromatic heterocycles. The average Bonchev–Trinajstić information content (AvgIpc) is 2.94. The molecule has 6 nitrogen and oxygen atoms in total. The van der Waals surface area contributed by atoms with Crippen LogP contribution in [-0.2, 0) is 13.5 Å². The summed E-state index contributed by atoms with van der Waals surface area (Å²) in [4.78, 5) is 23.5. The number of carbonyl (C=O) groups excluding carboxylic acids is 1. The van der Waals surface area contributed by atoms with Crippen LogP contribution in [0.2, 0.25) is 0 Å². The highest BCUT2D eigenvalue weighted by Crippen LogP contribution is 2.42. The van der Waals surface area contributed by atoms with Crippen LogP contribution in [0.1, 0.15) is 34.5 Å². The van der Waals surface area contributed by atoms with Crippen LogP contribution < -0.4 is 4.74 Å². The normalized spacial score (nSPS) is 13.3. The van der Waals surface area contributed by atoms with Gasteiger partial charge >= 0.3 is 0 Å². The molecule has 4 rings (SSSR count). The summed E-state index contributed by atoms with van der Waals surface area (Å²) in [6.07, 6.45) is 2.09. The quantitative estimate of drug-likeness (QED) is 0.462. The van der Waals surface area contributed by atoms with Crippen molar-refractivity contribution in [3.8, 4) is 22.8 Å². The molecule has 1 heterocycles. The van der Waals surface area contributed by atoms with Gasteiger partial charge in [-0.1, -0.05) is 18.2 Å². The number of Topliss-reactive ketones (excluding diaryl/α,β-unsaturated/α-hetero) is 1. The second-order valence-electron chi connectivity index (χ2n) is 6.98. The van der Waals surface area contributed by atoms with Crippen LogP contribution in [0.5, 0.6) is 11.5 Å². The molecule has 0 unspecified atom stereocenters. The third kappa shape index (κ3) is 2.97. The molecule has 3 aromatic rings. The van der Waals surface area contributed by atoms with Gasteiger partial charge in [-0.2, -0.15) is 0 Å². The minimum Gasteiger partial charge on any atom is -0.457 e. The van der Waals surface area contributed by atoms with Crippen molar-refractivity contribution in [2.75, 3.05) is 0 Å². The molecule has 1 aliphatic rings. The SMILES string of the molecule is Cc1c2c(c(-c3cc([N+](=O)[O-])ccc3Oc3ccccc3)n1C)CCCC2=O. The predicted molar refractivity (Wildman–Crippen MR) is 106 cm³/mol. The largest absolute Gasteiger partial charge is 0.457 e. The Kier molecular flexibility index (Phi) is 4.47. The zero-order valence-electron chi connectivity index (χ0n) is 15.8. The Balaban J connectivity index is 1.94. The number of aromatic nitrogens is 1. The lowest BCUT2D eigenvalue weighted by Crippen LogP contribution is -2.10. The van der Waals surface area contributed by atoms with Crippen LogP contribution >= 0.6 is 0 Å². The monoisotopic (exact) mass is 376 g/mol. The molecule has 0 bridgehead atoms. The highest BCUT2D eigenvalue weighted by atomic mass is 16.6. The van der Waals surface area contributed by atoms with E-state index in [1.807, 2.05) is 48.9 Å². The molecule has 0 saturated carbocycles. The Morgan fingerprint density at radius 3 is 2.57 bits per heavy atom. The molecule has 2 aromatic carbocycles. The van der Waals surface area contributed by atoms with Gasteiger partial charge in [0.1, 0.15) is 11.5 Å². The molecule has 0 saturated heterocycles. The van der Waals surface area contributed by atoms with Crippen LogP contribution in [-0.4, -0.2) is 15.3 Å². The number of rotatable bonds is 4. The van der Waals surface area contributed by atoms with Gasteiger partial charge in [0.15, 0.2) is 5.78 Å². The third-order valence-corrected chi connectivity index (χ3v) is 5.30. The summed E-state index contributed by atoms with van der Waals surface area (Å²) in [5.74, 6) is 1.31. The highest BCUT2D eigenvalue weighted by molar-refractivity contribution is 6.02. The zero-order valence-corrected chi connectivity index (χ0v) is 15.8. The average molecular weight is 376 g/mol. The first kappa shape index (κ1) is 18.0. The molecule has 1 aliphatic carbocycles. The number of benzene rings is 2. The maximum absolute atomic E-state index is 12.5. The number of nitro groups is 1. The number of ketones is 1. The van der Waals surface area contributed by atoms with E-state index in [4.69, 9.17) is 4.74 Å². The fraction of sp³-hybridized carbons (Fsp3) is 0.227. The van der Waals surface area contributed by atoms with E-state index in [2.05, 4.69) is 0 Å². The van der Waals surface area contributed by atoms with E-state index in [-0.39, 0.29) is 11.5 Å². The van der Waals surface area contributed by atoms with Gasteiger partial charge in [0.05, 0.1) is 10.6 Å². The van der Waals surface area contributed by atoms with E-state index < -0.39 is 4.92 Å². The van der Waals surface area contributed by atoms with E-state index in [1.54, 1.807) is 6.07 Å². The van der Waals surface area contributed by atoms with E-state index in [0.29, 0.717) is 23.5 Å². The van der Waals surface area contributed by atoms with Crippen molar-refractivity contribution in [1.82, 2.24) is 4.57 Å². The number of nitro benzene ring substituents is 1. The number of fused-ring (bicyclic) bond motifs is 1. The van der Waals surface area contributed by atoms with E-state index in [0.717, 1.165) is 35.4 Å². The number of carbonyl (C=O) groups is 1. The predicted octanol–water partition coefficient (Wildman–Crippen LogP) is 5.22. The molecule has 0 spiro atoms. The van der Waals surface area contributed by atoms with Gasteiger partial charge in [-0.05, 0) is 43.5 Å². The number of para-hydroxylation sites is 1. The lowest BCUT2D eigenvalue weighted by atomic mass is 9.89. The van der Waals surface area contributed by atoms with Crippen molar-refractivity contribution >= 4 is 11.5 Å². The minimum absolute atomic E-state index is 0.00912. The van der Waals surface area contributed by atoms with Gasteiger partial charge in [-0.3, -0.25) is 14.9 Å². The molecule has 0 atom stereocenters. The molecule has 28 heavy (non-hydrogen) atoms. The molecule has 0 aliphatic heterocycles. The molecule has 0 N–H and O–H groups in total. The number of ether oxygens (including phenoxy) is 1. The molecular weight excluding hydrogens is 356 g/mol. The lowest BCUT2D eigenvalue weighted by Gasteiger charge is -2.16. The number of hydrogen-bond donors (Lipinski definition) is 0. The Hall–Kier alpha value is -3.41. The summed E-state index contributed by atoms with van der Waals surface area (Å²) >= 11 is 0. The van der Waals surface area contributed by atoms with Crippen molar-refractivity contribution in [3.05, 3.63) is 75.5 Å². The number of non-ortho nitro benzene ring substituents is 1. The van der Waals surface area contributed by atoms with Crippen LogP contribution in [0, 0.1) is 17.0 Å². The van der Waals surface area contributed by atoms with E-state index >= 15 is 0 Å². The highest BCUT2D eigenvalue weighted by Gasteiger charge is 2.29. The maximum Gasteiger partial charge on any atom is 0.270 e. The van der Waals surface area contributed by atoms with Gasteiger partial charge in [0.25, 0.3) is 5.69 Å². The number of hydrogen-bond acceptors (Lipinski definition) is 4. The summed E-state index contributed by atoms with van der Waals surface area (Å²) in [5.41, 5.74) is 4.02. The topological polar surface area (TPSA) is 74.4 Å². The zero-order chi connectivity index (χ0) is 19.8. The second kappa shape index (κ2) is 6.96. The van der Waals surface area contributed by atoms with E-state index in [9.17, 15) is 14.9 Å².